The summed E-state index contributed by atoms with van der Waals surface area (Å²) in [7, 11) is -3.70. The Morgan fingerprint density at radius 2 is 2.00 bits per heavy atom. The second-order valence-corrected chi connectivity index (χ2v) is 7.88. The van der Waals surface area contributed by atoms with Crippen LogP contribution >= 0.6 is 0 Å². The minimum absolute atomic E-state index is 0.000448. The van der Waals surface area contributed by atoms with Crippen molar-refractivity contribution >= 4 is 21.8 Å². The maximum atomic E-state index is 12.1. The number of nitrogens with zero attached hydrogens (tertiary/aromatic N) is 1. The fourth-order valence-electron chi connectivity index (χ4n) is 2.76. The van der Waals surface area contributed by atoms with Crippen LogP contribution in [0.2, 0.25) is 0 Å². The number of carbonyl (C=O) groups is 2. The predicted octanol–water partition coefficient (Wildman–Crippen LogP) is 0.0202. The summed E-state index contributed by atoms with van der Waals surface area (Å²) in [5, 5.41) is 7.82. The summed E-state index contributed by atoms with van der Waals surface area (Å²) in [5.41, 5.74) is 0.875. The highest BCUT2D eigenvalue weighted by atomic mass is 32.2. The molecule has 144 valence electrons. The number of benzene rings is 1. The van der Waals surface area contributed by atoms with E-state index in [1.807, 2.05) is 0 Å². The first-order chi connectivity index (χ1) is 12.3. The Balaban J connectivity index is 1.77. The zero-order valence-corrected chi connectivity index (χ0v) is 15.6. The van der Waals surface area contributed by atoms with Gasteiger partial charge in [0.05, 0.1) is 17.5 Å². The van der Waals surface area contributed by atoms with Gasteiger partial charge in [-0.3, -0.25) is 9.59 Å². The maximum absolute atomic E-state index is 12.1. The van der Waals surface area contributed by atoms with E-state index in [1.54, 1.807) is 12.1 Å². The highest BCUT2D eigenvalue weighted by Crippen LogP contribution is 2.13. The van der Waals surface area contributed by atoms with Gasteiger partial charge in [0.15, 0.2) is 0 Å². The molecule has 0 aliphatic carbocycles. The minimum Gasteiger partial charge on any atom is -0.376 e. The van der Waals surface area contributed by atoms with Gasteiger partial charge in [-0.15, -0.1) is 0 Å². The summed E-state index contributed by atoms with van der Waals surface area (Å²) in [5.74, 6) is -0.395. The van der Waals surface area contributed by atoms with Crippen molar-refractivity contribution in [3.8, 4) is 0 Å². The van der Waals surface area contributed by atoms with Gasteiger partial charge in [-0.05, 0) is 37.0 Å². The highest BCUT2D eigenvalue weighted by Gasteiger charge is 2.22. The standard InChI is InChI=1S/C17H25N3O5S/c1-13(21)20(11-15-3-2-10-25-15)12-17(22)19-9-8-14-4-6-16(7-5-14)26(18,23)24/h4-7,15H,2-3,8-12H2,1H3,(H,19,22)(H2,18,23,24). The number of hydrogen-bond donors (Lipinski definition) is 2. The average Bonchev–Trinajstić information content (AvgIpc) is 3.07. The highest BCUT2D eigenvalue weighted by molar-refractivity contribution is 7.89. The number of hydrogen-bond acceptors (Lipinski definition) is 5. The van der Waals surface area contributed by atoms with Gasteiger partial charge in [0.2, 0.25) is 21.8 Å². The monoisotopic (exact) mass is 383 g/mol. The molecule has 1 fully saturated rings. The summed E-state index contributed by atoms with van der Waals surface area (Å²) < 4.78 is 27.9. The first-order valence-corrected chi connectivity index (χ1v) is 10.1. The molecule has 1 aromatic rings. The number of nitrogens with two attached hydrogens (primary N) is 1. The fourth-order valence-corrected chi connectivity index (χ4v) is 3.28. The Morgan fingerprint density at radius 3 is 2.54 bits per heavy atom. The molecule has 1 heterocycles. The smallest absolute Gasteiger partial charge is 0.239 e. The molecular weight excluding hydrogens is 358 g/mol. The normalized spacial score (nSPS) is 17.1. The molecule has 1 unspecified atom stereocenters. The zero-order valence-electron chi connectivity index (χ0n) is 14.8. The Morgan fingerprint density at radius 1 is 1.31 bits per heavy atom. The van der Waals surface area contributed by atoms with Crippen LogP contribution in [0.4, 0.5) is 0 Å². The largest absolute Gasteiger partial charge is 0.376 e. The number of carbonyl (C=O) groups excluding carboxylic acids is 2. The molecular formula is C17H25N3O5S. The van der Waals surface area contributed by atoms with Crippen LogP contribution in [-0.2, 0) is 30.8 Å². The van der Waals surface area contributed by atoms with Gasteiger partial charge in [-0.25, -0.2) is 13.6 Å². The van der Waals surface area contributed by atoms with Crippen molar-refractivity contribution in [2.24, 2.45) is 5.14 Å². The van der Waals surface area contributed by atoms with E-state index in [-0.39, 0.29) is 29.4 Å². The third-order valence-corrected chi connectivity index (χ3v) is 5.14. The summed E-state index contributed by atoms with van der Waals surface area (Å²) in [6, 6.07) is 6.19. The lowest BCUT2D eigenvalue weighted by Gasteiger charge is -2.23. The molecule has 2 rings (SSSR count). The van der Waals surface area contributed by atoms with Crippen LogP contribution in [0.15, 0.2) is 29.2 Å². The number of amides is 2. The van der Waals surface area contributed by atoms with Crippen molar-refractivity contribution in [2.45, 2.75) is 37.2 Å². The predicted molar refractivity (Wildman–Crippen MR) is 95.8 cm³/mol. The lowest BCUT2D eigenvalue weighted by atomic mass is 10.1. The van der Waals surface area contributed by atoms with Crippen molar-refractivity contribution in [3.63, 3.8) is 0 Å². The average molecular weight is 383 g/mol. The SMILES string of the molecule is CC(=O)N(CC(=O)NCCc1ccc(S(N)(=O)=O)cc1)CC1CCCO1. The Hall–Kier alpha value is -1.97. The van der Waals surface area contributed by atoms with E-state index in [0.29, 0.717) is 26.1 Å². The van der Waals surface area contributed by atoms with Gasteiger partial charge in [0.1, 0.15) is 0 Å². The summed E-state index contributed by atoms with van der Waals surface area (Å²) in [6.07, 6.45) is 2.43. The molecule has 3 N–H and O–H groups in total. The first kappa shape index (κ1) is 20.3. The second-order valence-electron chi connectivity index (χ2n) is 6.32. The topological polar surface area (TPSA) is 119 Å². The van der Waals surface area contributed by atoms with Crippen molar-refractivity contribution < 1.29 is 22.7 Å². The van der Waals surface area contributed by atoms with E-state index in [0.717, 1.165) is 18.4 Å². The second kappa shape index (κ2) is 9.11. The van der Waals surface area contributed by atoms with Gasteiger partial charge in [0.25, 0.3) is 0 Å². The Labute approximate surface area is 153 Å². The number of sulfonamides is 1. The number of ether oxygens (including phenoxy) is 1. The maximum Gasteiger partial charge on any atom is 0.239 e. The quantitative estimate of drug-likeness (QED) is 0.656. The molecule has 0 radical (unpaired) electrons. The number of nitrogens with one attached hydrogen (secondary N) is 1. The van der Waals surface area contributed by atoms with E-state index in [2.05, 4.69) is 5.32 Å². The molecule has 8 nitrogen and oxygen atoms in total. The van der Waals surface area contributed by atoms with Crippen molar-refractivity contribution in [1.29, 1.82) is 0 Å². The van der Waals surface area contributed by atoms with Crippen LogP contribution in [0.3, 0.4) is 0 Å². The number of rotatable bonds is 8. The molecule has 1 aromatic carbocycles. The van der Waals surface area contributed by atoms with E-state index in [9.17, 15) is 18.0 Å². The lowest BCUT2D eigenvalue weighted by Crippen LogP contribution is -2.43. The van der Waals surface area contributed by atoms with Gasteiger partial charge in [0, 0.05) is 26.6 Å². The molecule has 0 saturated carbocycles. The van der Waals surface area contributed by atoms with E-state index < -0.39 is 10.0 Å². The Bertz CT molecular complexity index is 727. The van der Waals surface area contributed by atoms with Crippen molar-refractivity contribution in [1.82, 2.24) is 10.2 Å². The van der Waals surface area contributed by atoms with Crippen LogP contribution < -0.4 is 10.5 Å². The molecule has 0 spiro atoms. The van der Waals surface area contributed by atoms with Crippen LogP contribution in [0, 0.1) is 0 Å². The minimum atomic E-state index is -3.70. The molecule has 0 bridgehead atoms. The lowest BCUT2D eigenvalue weighted by molar-refractivity contribution is -0.135. The van der Waals surface area contributed by atoms with E-state index in [4.69, 9.17) is 9.88 Å². The van der Waals surface area contributed by atoms with E-state index in [1.165, 1.54) is 24.0 Å². The summed E-state index contributed by atoms with van der Waals surface area (Å²) >= 11 is 0. The third-order valence-electron chi connectivity index (χ3n) is 4.22. The molecule has 1 aliphatic heterocycles. The van der Waals surface area contributed by atoms with Crippen molar-refractivity contribution in [3.05, 3.63) is 29.8 Å². The molecule has 2 amide bonds. The molecule has 1 atom stereocenters. The van der Waals surface area contributed by atoms with Crippen LogP contribution in [0.5, 0.6) is 0 Å². The molecule has 1 aliphatic rings. The Kier molecular flexibility index (Phi) is 7.13. The molecule has 1 saturated heterocycles. The summed E-state index contributed by atoms with van der Waals surface area (Å²) in [6.45, 7) is 2.96. The number of primary sulfonamides is 1. The molecule has 26 heavy (non-hydrogen) atoms. The van der Waals surface area contributed by atoms with Gasteiger partial charge in [-0.2, -0.15) is 0 Å². The molecule has 0 aromatic heterocycles. The van der Waals surface area contributed by atoms with Crippen LogP contribution in [0.1, 0.15) is 25.3 Å². The van der Waals surface area contributed by atoms with E-state index >= 15 is 0 Å². The van der Waals surface area contributed by atoms with Crippen LogP contribution in [-0.4, -0.2) is 57.5 Å². The van der Waals surface area contributed by atoms with Crippen LogP contribution in [0.25, 0.3) is 0 Å². The van der Waals surface area contributed by atoms with Gasteiger partial charge >= 0.3 is 0 Å². The summed E-state index contributed by atoms with van der Waals surface area (Å²) in [4.78, 5) is 25.3. The third kappa shape index (κ3) is 6.40. The zero-order chi connectivity index (χ0) is 19.2. The van der Waals surface area contributed by atoms with Gasteiger partial charge < -0.3 is 15.0 Å². The van der Waals surface area contributed by atoms with Crippen molar-refractivity contribution in [2.75, 3.05) is 26.2 Å². The first-order valence-electron chi connectivity index (χ1n) is 8.51. The fraction of sp³-hybridized carbons (Fsp3) is 0.529. The van der Waals surface area contributed by atoms with Gasteiger partial charge in [-0.1, -0.05) is 12.1 Å². The molecule has 9 heteroatoms.